The van der Waals surface area contributed by atoms with Crippen LogP contribution in [-0.4, -0.2) is 22.7 Å². The van der Waals surface area contributed by atoms with E-state index in [2.05, 4.69) is 10.6 Å². The fourth-order valence-electron chi connectivity index (χ4n) is 1.38. The van der Waals surface area contributed by atoms with E-state index in [0.717, 1.165) is 4.90 Å². The molecule has 1 rings (SSSR count). The number of nitrogens with one attached hydrogen (secondary N) is 2. The Hall–Kier alpha value is -1.20. The van der Waals surface area contributed by atoms with Crippen LogP contribution in [0, 0.1) is 0 Å². The van der Waals surface area contributed by atoms with E-state index >= 15 is 0 Å². The number of amides is 3. The summed E-state index contributed by atoms with van der Waals surface area (Å²) in [6.07, 6.45) is 0. The molecular weight excluding hydrogens is 296 g/mol. The van der Waals surface area contributed by atoms with Crippen LogP contribution in [0.1, 0.15) is 27.7 Å². The Morgan fingerprint density at radius 1 is 1.30 bits per heavy atom. The third-order valence-corrected chi connectivity index (χ3v) is 3.53. The molecule has 0 heterocycles. The van der Waals surface area contributed by atoms with Crippen molar-refractivity contribution in [1.29, 1.82) is 0 Å². The molecule has 4 nitrogen and oxygen atoms in total. The zero-order chi connectivity index (χ0) is 15.3. The summed E-state index contributed by atoms with van der Waals surface area (Å²) in [5.74, 6) is -0.336. The molecule has 2 N–H and O–H groups in total. The van der Waals surface area contributed by atoms with Crippen LogP contribution in [0.3, 0.4) is 0 Å². The molecule has 0 aromatic heterocycles. The number of hydrogen-bond donors (Lipinski definition) is 2. The van der Waals surface area contributed by atoms with Crippen LogP contribution < -0.4 is 10.6 Å². The topological polar surface area (TPSA) is 58.2 Å². The van der Waals surface area contributed by atoms with E-state index in [1.54, 1.807) is 19.1 Å². The first-order chi connectivity index (χ1) is 9.17. The molecule has 110 valence electrons. The fraction of sp³-hybridized carbons (Fsp3) is 0.429. The van der Waals surface area contributed by atoms with Crippen LogP contribution in [0.4, 0.5) is 4.79 Å². The van der Waals surface area contributed by atoms with Crippen molar-refractivity contribution >= 4 is 35.3 Å². The van der Waals surface area contributed by atoms with Crippen molar-refractivity contribution in [3.63, 3.8) is 0 Å². The molecule has 0 bridgehead atoms. The van der Waals surface area contributed by atoms with Gasteiger partial charge in [-0.3, -0.25) is 10.1 Å². The Bertz CT molecular complexity index is 500. The molecule has 6 heteroatoms. The van der Waals surface area contributed by atoms with Crippen LogP contribution in [0.2, 0.25) is 5.02 Å². The zero-order valence-electron chi connectivity index (χ0n) is 12.0. The Balaban J connectivity index is 2.53. The zero-order valence-corrected chi connectivity index (χ0v) is 13.6. The third kappa shape index (κ3) is 6.30. The number of rotatable bonds is 3. The predicted octanol–water partition coefficient (Wildman–Crippen LogP) is 3.44. The molecule has 20 heavy (non-hydrogen) atoms. The maximum absolute atomic E-state index is 11.9. The lowest BCUT2D eigenvalue weighted by Gasteiger charge is -2.21. The van der Waals surface area contributed by atoms with Gasteiger partial charge in [-0.15, -0.1) is 11.8 Å². The van der Waals surface area contributed by atoms with Crippen LogP contribution >= 0.6 is 23.4 Å². The molecule has 1 aromatic carbocycles. The van der Waals surface area contributed by atoms with Gasteiger partial charge in [0.15, 0.2) is 0 Å². The smallest absolute Gasteiger partial charge is 0.321 e. The second kappa shape index (κ2) is 6.99. The van der Waals surface area contributed by atoms with Gasteiger partial charge in [-0.25, -0.2) is 4.79 Å². The first kappa shape index (κ1) is 16.9. The van der Waals surface area contributed by atoms with Crippen molar-refractivity contribution in [1.82, 2.24) is 10.6 Å². The van der Waals surface area contributed by atoms with Gasteiger partial charge < -0.3 is 5.32 Å². The number of carbonyl (C=O) groups is 2. The molecule has 1 unspecified atom stereocenters. The third-order valence-electron chi connectivity index (χ3n) is 2.20. The van der Waals surface area contributed by atoms with E-state index in [4.69, 9.17) is 11.6 Å². The fourth-order valence-corrected chi connectivity index (χ4v) is 2.56. The normalized spacial score (nSPS) is 12.7. The van der Waals surface area contributed by atoms with Crippen LogP contribution in [0.25, 0.3) is 0 Å². The van der Waals surface area contributed by atoms with Gasteiger partial charge in [0.1, 0.15) is 0 Å². The number of urea groups is 1. The summed E-state index contributed by atoms with van der Waals surface area (Å²) < 4.78 is 0. The Morgan fingerprint density at radius 2 is 1.95 bits per heavy atom. The van der Waals surface area contributed by atoms with E-state index in [1.165, 1.54) is 11.8 Å². The molecule has 0 aliphatic heterocycles. The number of thioether (sulfide) groups is 1. The van der Waals surface area contributed by atoms with Gasteiger partial charge in [-0.1, -0.05) is 17.7 Å². The molecule has 1 aromatic rings. The highest BCUT2D eigenvalue weighted by Crippen LogP contribution is 2.25. The molecule has 0 spiro atoms. The highest BCUT2D eigenvalue weighted by Gasteiger charge is 2.20. The molecule has 0 aliphatic rings. The van der Waals surface area contributed by atoms with Crippen molar-refractivity contribution in [3.05, 3.63) is 29.3 Å². The van der Waals surface area contributed by atoms with Crippen molar-refractivity contribution < 1.29 is 9.59 Å². The summed E-state index contributed by atoms with van der Waals surface area (Å²) in [6, 6.07) is 6.76. The van der Waals surface area contributed by atoms with Crippen molar-refractivity contribution in [2.45, 2.75) is 43.4 Å². The number of hydrogen-bond acceptors (Lipinski definition) is 3. The van der Waals surface area contributed by atoms with Crippen LogP contribution in [0.15, 0.2) is 29.2 Å². The average Bonchev–Trinajstić information content (AvgIpc) is 2.25. The Kier molecular flexibility index (Phi) is 5.89. The van der Waals surface area contributed by atoms with Crippen LogP contribution in [0.5, 0.6) is 0 Å². The summed E-state index contributed by atoms with van der Waals surface area (Å²) in [7, 11) is 0. The molecular formula is C14H19ClN2O2S. The molecule has 1 atom stereocenters. The lowest BCUT2D eigenvalue weighted by atomic mass is 10.1. The first-order valence-electron chi connectivity index (χ1n) is 6.22. The standard InChI is InChI=1S/C14H19ClN2O2S/c1-9(20-11-7-5-6-10(15)8-11)12(18)16-13(19)17-14(2,3)4/h5-9H,1-4H3,(H2,16,17,18,19). The van der Waals surface area contributed by atoms with E-state index < -0.39 is 6.03 Å². The first-order valence-corrected chi connectivity index (χ1v) is 7.48. The molecule has 3 amide bonds. The molecule has 0 saturated heterocycles. The lowest BCUT2D eigenvalue weighted by Crippen LogP contribution is -2.49. The van der Waals surface area contributed by atoms with Crippen molar-refractivity contribution in [3.8, 4) is 0 Å². The average molecular weight is 315 g/mol. The summed E-state index contributed by atoms with van der Waals surface area (Å²) in [6.45, 7) is 7.29. The SMILES string of the molecule is CC(Sc1cccc(Cl)c1)C(=O)NC(=O)NC(C)(C)C. The van der Waals surface area contributed by atoms with E-state index in [0.29, 0.717) is 5.02 Å². The van der Waals surface area contributed by atoms with Gasteiger partial charge in [0, 0.05) is 15.5 Å². The van der Waals surface area contributed by atoms with Gasteiger partial charge in [-0.05, 0) is 45.9 Å². The number of carbonyl (C=O) groups excluding carboxylic acids is 2. The molecule has 0 saturated carbocycles. The second-order valence-corrected chi connectivity index (χ2v) is 7.26. The minimum atomic E-state index is -0.485. The van der Waals surface area contributed by atoms with Gasteiger partial charge in [0.25, 0.3) is 0 Å². The maximum Gasteiger partial charge on any atom is 0.321 e. The Morgan fingerprint density at radius 3 is 2.50 bits per heavy atom. The number of imide groups is 1. The van der Waals surface area contributed by atoms with E-state index in [-0.39, 0.29) is 16.7 Å². The second-order valence-electron chi connectivity index (χ2n) is 5.41. The summed E-state index contributed by atoms with van der Waals surface area (Å²) in [5.41, 5.74) is -0.381. The molecule has 0 radical (unpaired) electrons. The highest BCUT2D eigenvalue weighted by atomic mass is 35.5. The van der Waals surface area contributed by atoms with Gasteiger partial charge in [0.05, 0.1) is 5.25 Å². The Labute approximate surface area is 128 Å². The maximum atomic E-state index is 11.9. The lowest BCUT2D eigenvalue weighted by molar-refractivity contribution is -0.119. The molecule has 0 aliphatic carbocycles. The van der Waals surface area contributed by atoms with Crippen molar-refractivity contribution in [2.75, 3.05) is 0 Å². The van der Waals surface area contributed by atoms with Gasteiger partial charge in [0.2, 0.25) is 5.91 Å². The largest absolute Gasteiger partial charge is 0.333 e. The molecule has 0 fully saturated rings. The van der Waals surface area contributed by atoms with Crippen molar-refractivity contribution in [2.24, 2.45) is 0 Å². The monoisotopic (exact) mass is 314 g/mol. The van der Waals surface area contributed by atoms with Gasteiger partial charge in [-0.2, -0.15) is 0 Å². The summed E-state index contributed by atoms with van der Waals surface area (Å²) in [4.78, 5) is 24.4. The van der Waals surface area contributed by atoms with Gasteiger partial charge >= 0.3 is 6.03 Å². The van der Waals surface area contributed by atoms with E-state index in [1.807, 2.05) is 32.9 Å². The minimum Gasteiger partial charge on any atom is -0.333 e. The number of benzene rings is 1. The minimum absolute atomic E-state index is 0.336. The van der Waals surface area contributed by atoms with E-state index in [9.17, 15) is 9.59 Å². The van der Waals surface area contributed by atoms with Crippen LogP contribution in [-0.2, 0) is 4.79 Å². The number of halogens is 1. The predicted molar refractivity (Wildman–Crippen MR) is 83.2 cm³/mol. The quantitative estimate of drug-likeness (QED) is 0.840. The summed E-state index contributed by atoms with van der Waals surface area (Å²) in [5, 5.41) is 5.23. The summed E-state index contributed by atoms with van der Waals surface area (Å²) >= 11 is 7.24. The highest BCUT2D eigenvalue weighted by molar-refractivity contribution is 8.00.